The Bertz CT molecular complexity index is 1430. The van der Waals surface area contributed by atoms with Gasteiger partial charge in [-0.1, -0.05) is 121 Å². The van der Waals surface area contributed by atoms with Gasteiger partial charge in [-0.05, 0) is 39.8 Å². The first-order chi connectivity index (χ1) is 16.7. The van der Waals surface area contributed by atoms with Gasteiger partial charge in [0.25, 0.3) is 0 Å². The molecule has 1 fully saturated rings. The van der Waals surface area contributed by atoms with Crippen LogP contribution < -0.4 is 0 Å². The average molecular weight is 438 g/mol. The van der Waals surface area contributed by atoms with Crippen LogP contribution in [0.1, 0.15) is 28.7 Å². The number of hydrogen-bond acceptors (Lipinski definition) is 2. The van der Waals surface area contributed by atoms with Crippen LogP contribution in [0.15, 0.2) is 121 Å². The molecule has 0 aromatic heterocycles. The zero-order chi connectivity index (χ0) is 23.2. The molecule has 2 aliphatic carbocycles. The van der Waals surface area contributed by atoms with E-state index in [1.807, 2.05) is 97.1 Å². The third kappa shape index (κ3) is 2.53. The molecule has 0 aliphatic heterocycles. The van der Waals surface area contributed by atoms with E-state index >= 15 is 0 Å². The number of rotatable bonds is 4. The van der Waals surface area contributed by atoms with Gasteiger partial charge in [-0.3, -0.25) is 4.79 Å². The average Bonchev–Trinajstić information content (AvgIpc) is 3.32. The Kier molecular flexibility index (Phi) is 4.61. The summed E-state index contributed by atoms with van der Waals surface area (Å²) in [6, 6.07) is 43.0. The minimum atomic E-state index is -1.03. The van der Waals surface area contributed by atoms with Crippen molar-refractivity contribution in [3.63, 3.8) is 0 Å². The Hall–Kier alpha value is -4.22. The van der Waals surface area contributed by atoms with Crippen LogP contribution in [0.4, 0.5) is 0 Å². The van der Waals surface area contributed by atoms with Crippen molar-refractivity contribution >= 4 is 16.9 Å². The molecule has 2 bridgehead atoms. The van der Waals surface area contributed by atoms with Crippen molar-refractivity contribution in [1.82, 2.24) is 0 Å². The van der Waals surface area contributed by atoms with Crippen LogP contribution in [0, 0.1) is 17.2 Å². The summed E-state index contributed by atoms with van der Waals surface area (Å²) < 4.78 is 0. The van der Waals surface area contributed by atoms with E-state index in [1.54, 1.807) is 0 Å². The fraction of sp³-hybridized carbons (Fsp3) is 0.125. The van der Waals surface area contributed by atoms with Gasteiger partial charge in [-0.2, -0.15) is 5.26 Å². The molecular formula is C32H23NO. The van der Waals surface area contributed by atoms with E-state index in [0.717, 1.165) is 33.4 Å². The maximum absolute atomic E-state index is 15.0. The van der Waals surface area contributed by atoms with Crippen molar-refractivity contribution in [2.75, 3.05) is 0 Å². The fourth-order valence-electron chi connectivity index (χ4n) is 6.37. The second-order valence-corrected chi connectivity index (χ2v) is 9.14. The molecule has 0 radical (unpaired) electrons. The summed E-state index contributed by atoms with van der Waals surface area (Å²) in [4.78, 5) is 15.0. The van der Waals surface area contributed by atoms with Crippen LogP contribution in [0.3, 0.4) is 0 Å². The summed E-state index contributed by atoms with van der Waals surface area (Å²) in [5.41, 5.74) is 3.98. The molecule has 34 heavy (non-hydrogen) atoms. The lowest BCUT2D eigenvalue weighted by atomic mass is 9.63. The molecule has 162 valence electrons. The molecule has 3 unspecified atom stereocenters. The van der Waals surface area contributed by atoms with Crippen molar-refractivity contribution in [2.24, 2.45) is 5.92 Å². The van der Waals surface area contributed by atoms with E-state index in [1.165, 1.54) is 0 Å². The molecule has 4 aromatic carbocycles. The van der Waals surface area contributed by atoms with Gasteiger partial charge < -0.3 is 0 Å². The first-order valence-corrected chi connectivity index (χ1v) is 11.7. The fourth-order valence-corrected chi connectivity index (χ4v) is 6.37. The van der Waals surface area contributed by atoms with E-state index in [0.29, 0.717) is 6.42 Å². The predicted molar refractivity (Wildman–Crippen MR) is 135 cm³/mol. The zero-order valence-electron chi connectivity index (χ0n) is 18.7. The van der Waals surface area contributed by atoms with E-state index in [-0.39, 0.29) is 5.78 Å². The highest BCUT2D eigenvalue weighted by Gasteiger charge is 2.72. The lowest BCUT2D eigenvalue weighted by molar-refractivity contribution is -0.123. The standard InChI is InChI=1S/C32H23NO/c33-22-27-21-31(25-17-9-3-10-18-25)28(23-13-5-1-6-14-23)29(24-15-7-2-8-16-24)32(27,30(31)34)26-19-11-4-12-20-26/h1-20,27H,21H2. The first kappa shape index (κ1) is 20.4. The number of hydrogen-bond donors (Lipinski definition) is 0. The van der Waals surface area contributed by atoms with Gasteiger partial charge in [0.1, 0.15) is 0 Å². The quantitative estimate of drug-likeness (QED) is 0.361. The lowest BCUT2D eigenvalue weighted by Gasteiger charge is -2.36. The van der Waals surface area contributed by atoms with Gasteiger partial charge in [0, 0.05) is 0 Å². The normalized spacial score (nSPS) is 25.4. The van der Waals surface area contributed by atoms with Gasteiger partial charge >= 0.3 is 0 Å². The summed E-state index contributed by atoms with van der Waals surface area (Å²) in [5.74, 6) is -0.355. The molecule has 4 aromatic rings. The van der Waals surface area contributed by atoms with Crippen molar-refractivity contribution < 1.29 is 4.79 Å². The highest BCUT2D eigenvalue weighted by Crippen LogP contribution is 2.70. The van der Waals surface area contributed by atoms with E-state index in [4.69, 9.17) is 0 Å². The molecule has 3 atom stereocenters. The number of carbonyl (C=O) groups excluding carboxylic acids is 1. The summed E-state index contributed by atoms with van der Waals surface area (Å²) in [5, 5.41) is 10.5. The summed E-state index contributed by atoms with van der Waals surface area (Å²) in [6.07, 6.45) is 0.474. The van der Waals surface area contributed by atoms with E-state index in [2.05, 4.69) is 30.3 Å². The van der Waals surface area contributed by atoms with Crippen molar-refractivity contribution in [1.29, 1.82) is 5.26 Å². The minimum Gasteiger partial charge on any atom is -0.297 e. The summed E-state index contributed by atoms with van der Waals surface area (Å²) in [7, 11) is 0. The maximum atomic E-state index is 15.0. The lowest BCUT2D eigenvalue weighted by Crippen LogP contribution is -2.38. The number of fused-ring (bicyclic) bond motifs is 2. The molecule has 0 heterocycles. The Morgan fingerprint density at radius 3 is 1.56 bits per heavy atom. The number of Topliss-reactive ketones (excluding diaryl/α,β-unsaturated/α-hetero) is 1. The monoisotopic (exact) mass is 437 g/mol. The predicted octanol–water partition coefficient (Wildman–Crippen LogP) is 6.60. The smallest absolute Gasteiger partial charge is 0.164 e. The van der Waals surface area contributed by atoms with E-state index < -0.39 is 16.7 Å². The Labute approximate surface area is 199 Å². The van der Waals surface area contributed by atoms with Crippen molar-refractivity contribution in [3.05, 3.63) is 144 Å². The topological polar surface area (TPSA) is 40.9 Å². The van der Waals surface area contributed by atoms with Crippen LogP contribution in [-0.4, -0.2) is 5.78 Å². The zero-order valence-corrected chi connectivity index (χ0v) is 18.7. The van der Waals surface area contributed by atoms with E-state index in [9.17, 15) is 10.1 Å². The Balaban J connectivity index is 1.82. The number of ketones is 1. The molecule has 2 aliphatic rings. The molecule has 2 heteroatoms. The second kappa shape index (κ2) is 7.68. The number of nitrogens with zero attached hydrogens (tertiary/aromatic N) is 1. The highest BCUT2D eigenvalue weighted by molar-refractivity contribution is 6.29. The van der Waals surface area contributed by atoms with Gasteiger partial charge in [-0.25, -0.2) is 0 Å². The molecule has 0 N–H and O–H groups in total. The van der Waals surface area contributed by atoms with Gasteiger partial charge in [0.15, 0.2) is 5.78 Å². The number of allylic oxidation sites excluding steroid dienone is 2. The van der Waals surface area contributed by atoms with Gasteiger partial charge in [0.05, 0.1) is 22.8 Å². The third-order valence-corrected chi connectivity index (χ3v) is 7.63. The number of nitriles is 1. The molecule has 1 saturated carbocycles. The van der Waals surface area contributed by atoms with Gasteiger partial charge in [-0.15, -0.1) is 0 Å². The second-order valence-electron chi connectivity index (χ2n) is 9.14. The van der Waals surface area contributed by atoms with Crippen LogP contribution in [0.2, 0.25) is 0 Å². The molecule has 0 spiro atoms. The SMILES string of the molecule is N#CC1CC2(c3ccccc3)C(=O)C1(c1ccccc1)C(c1ccccc1)=C2c1ccccc1. The summed E-state index contributed by atoms with van der Waals surface area (Å²) >= 11 is 0. The largest absolute Gasteiger partial charge is 0.297 e. The molecule has 6 rings (SSSR count). The molecular weight excluding hydrogens is 414 g/mol. The summed E-state index contributed by atoms with van der Waals surface area (Å²) in [6.45, 7) is 0. The van der Waals surface area contributed by atoms with Crippen molar-refractivity contribution in [3.8, 4) is 6.07 Å². The first-order valence-electron chi connectivity index (χ1n) is 11.7. The molecule has 0 amide bonds. The van der Waals surface area contributed by atoms with Crippen LogP contribution in [0.25, 0.3) is 11.1 Å². The Morgan fingerprint density at radius 2 is 1.06 bits per heavy atom. The van der Waals surface area contributed by atoms with Crippen LogP contribution >= 0.6 is 0 Å². The molecule has 0 saturated heterocycles. The highest BCUT2D eigenvalue weighted by atomic mass is 16.1. The number of benzene rings is 4. The molecule has 2 nitrogen and oxygen atoms in total. The van der Waals surface area contributed by atoms with Crippen molar-refractivity contribution in [2.45, 2.75) is 17.3 Å². The van der Waals surface area contributed by atoms with Gasteiger partial charge in [0.2, 0.25) is 0 Å². The third-order valence-electron chi connectivity index (χ3n) is 7.63. The van der Waals surface area contributed by atoms with Crippen LogP contribution in [-0.2, 0) is 15.6 Å². The maximum Gasteiger partial charge on any atom is 0.164 e. The number of carbonyl (C=O) groups is 1. The Morgan fingerprint density at radius 1 is 0.618 bits per heavy atom. The van der Waals surface area contributed by atoms with Crippen LogP contribution in [0.5, 0.6) is 0 Å². The minimum absolute atomic E-state index is 0.113.